The van der Waals surface area contributed by atoms with Crippen LogP contribution in [0.2, 0.25) is 0 Å². The van der Waals surface area contributed by atoms with E-state index in [4.69, 9.17) is 9.47 Å². The molecule has 0 N–H and O–H groups in total. The van der Waals surface area contributed by atoms with Crippen molar-refractivity contribution in [2.45, 2.75) is 44.9 Å². The molecule has 0 aliphatic carbocycles. The number of aromatic nitrogens is 1. The lowest BCUT2D eigenvalue weighted by atomic mass is 10.00. The van der Waals surface area contributed by atoms with E-state index in [1.807, 2.05) is 19.1 Å². The molecule has 1 aliphatic heterocycles. The minimum Gasteiger partial charge on any atom is -0.462 e. The van der Waals surface area contributed by atoms with Gasteiger partial charge in [-0.15, -0.1) is 0 Å². The Kier molecular flexibility index (Phi) is 8.23. The van der Waals surface area contributed by atoms with Crippen molar-refractivity contribution < 1.29 is 14.3 Å². The van der Waals surface area contributed by atoms with E-state index in [0.717, 1.165) is 37.9 Å². The Bertz CT molecular complexity index is 962. The van der Waals surface area contributed by atoms with E-state index < -0.39 is 0 Å². The Morgan fingerprint density at radius 2 is 1.64 bits per heavy atom. The Hall–Kier alpha value is -3.02. The summed E-state index contributed by atoms with van der Waals surface area (Å²) in [6.45, 7) is 4.96. The number of esters is 1. The number of nitrogens with zero attached hydrogens (tertiary/aromatic N) is 2. The topological polar surface area (TPSA) is 51.7 Å². The molecule has 5 heteroatoms. The average molecular weight is 445 g/mol. The van der Waals surface area contributed by atoms with Gasteiger partial charge in [-0.3, -0.25) is 9.88 Å². The Labute approximate surface area is 196 Å². The fourth-order valence-corrected chi connectivity index (χ4v) is 4.27. The number of benzene rings is 2. The average Bonchev–Trinajstić information content (AvgIpc) is 2.88. The number of rotatable bonds is 9. The molecule has 0 atom stereocenters. The van der Waals surface area contributed by atoms with Gasteiger partial charge in [-0.05, 0) is 42.0 Å². The van der Waals surface area contributed by atoms with Gasteiger partial charge in [0.15, 0.2) is 0 Å². The zero-order valence-corrected chi connectivity index (χ0v) is 19.2. The maximum absolute atomic E-state index is 12.4. The van der Waals surface area contributed by atoms with Crippen molar-refractivity contribution in [2.24, 2.45) is 0 Å². The SMILES string of the molecule is CCCOC(=O)c1ccncc1CN1CCC(OC(c2ccccc2)c2ccccc2)CC1. The molecule has 1 saturated heterocycles. The highest BCUT2D eigenvalue weighted by Crippen LogP contribution is 2.30. The molecule has 1 aromatic heterocycles. The molecule has 0 radical (unpaired) electrons. The van der Waals surface area contributed by atoms with Crippen LogP contribution < -0.4 is 0 Å². The van der Waals surface area contributed by atoms with Gasteiger partial charge in [0, 0.05) is 32.0 Å². The molecule has 3 aromatic rings. The zero-order valence-electron chi connectivity index (χ0n) is 19.2. The zero-order chi connectivity index (χ0) is 22.9. The first-order valence-electron chi connectivity index (χ1n) is 11.8. The number of likely N-dealkylation sites (tertiary alicyclic amines) is 1. The molecule has 0 bridgehead atoms. The largest absolute Gasteiger partial charge is 0.462 e. The molecule has 2 heterocycles. The van der Waals surface area contributed by atoms with Crippen LogP contribution in [0.25, 0.3) is 0 Å². The quantitative estimate of drug-likeness (QED) is 0.413. The summed E-state index contributed by atoms with van der Waals surface area (Å²) in [6.07, 6.45) is 6.27. The van der Waals surface area contributed by atoms with E-state index in [1.165, 1.54) is 11.1 Å². The Morgan fingerprint density at radius 3 is 2.24 bits per heavy atom. The van der Waals surface area contributed by atoms with E-state index in [2.05, 4.69) is 58.4 Å². The predicted octanol–water partition coefficient (Wildman–Crippen LogP) is 5.42. The van der Waals surface area contributed by atoms with Crippen molar-refractivity contribution in [1.82, 2.24) is 9.88 Å². The van der Waals surface area contributed by atoms with Gasteiger partial charge in [-0.2, -0.15) is 0 Å². The first-order chi connectivity index (χ1) is 16.2. The van der Waals surface area contributed by atoms with Crippen LogP contribution in [-0.2, 0) is 16.0 Å². The highest BCUT2D eigenvalue weighted by molar-refractivity contribution is 5.90. The summed E-state index contributed by atoms with van der Waals surface area (Å²) < 4.78 is 12.0. The Balaban J connectivity index is 1.38. The number of hydrogen-bond donors (Lipinski definition) is 0. The second kappa shape index (κ2) is 11.7. The molecule has 4 rings (SSSR count). The van der Waals surface area contributed by atoms with Gasteiger partial charge in [0.25, 0.3) is 0 Å². The summed E-state index contributed by atoms with van der Waals surface area (Å²) in [5.41, 5.74) is 3.89. The van der Waals surface area contributed by atoms with Crippen molar-refractivity contribution in [3.05, 3.63) is 101 Å². The number of pyridine rings is 1. The number of carbonyl (C=O) groups is 1. The third-order valence-electron chi connectivity index (χ3n) is 6.02. The predicted molar refractivity (Wildman–Crippen MR) is 129 cm³/mol. The second-order valence-electron chi connectivity index (χ2n) is 8.48. The summed E-state index contributed by atoms with van der Waals surface area (Å²) in [4.78, 5) is 19.0. The third kappa shape index (κ3) is 6.28. The van der Waals surface area contributed by atoms with Crippen LogP contribution in [0.1, 0.15) is 59.3 Å². The van der Waals surface area contributed by atoms with Crippen LogP contribution in [-0.4, -0.2) is 41.7 Å². The van der Waals surface area contributed by atoms with Crippen LogP contribution in [0.3, 0.4) is 0 Å². The molecule has 33 heavy (non-hydrogen) atoms. The normalized spacial score (nSPS) is 15.0. The molecular formula is C28H32N2O3. The molecule has 0 spiro atoms. The number of ether oxygens (including phenoxy) is 2. The first kappa shape index (κ1) is 23.1. The van der Waals surface area contributed by atoms with Crippen molar-refractivity contribution in [3.8, 4) is 0 Å². The standard InChI is InChI=1S/C28H32N2O3/c1-2-19-32-28(31)26-13-16-29-20-24(26)21-30-17-14-25(15-18-30)33-27(22-9-5-3-6-10-22)23-11-7-4-8-12-23/h3-13,16,20,25,27H,2,14-15,17-19,21H2,1H3. The van der Waals surface area contributed by atoms with Crippen LogP contribution >= 0.6 is 0 Å². The molecule has 1 fully saturated rings. The maximum Gasteiger partial charge on any atom is 0.338 e. The summed E-state index contributed by atoms with van der Waals surface area (Å²) in [6, 6.07) is 22.6. The lowest BCUT2D eigenvalue weighted by Gasteiger charge is -2.34. The highest BCUT2D eigenvalue weighted by atomic mass is 16.5. The van der Waals surface area contributed by atoms with Gasteiger partial charge in [-0.1, -0.05) is 67.6 Å². The molecule has 0 amide bonds. The van der Waals surface area contributed by atoms with Crippen LogP contribution in [0, 0.1) is 0 Å². The molecule has 0 unspecified atom stereocenters. The summed E-state index contributed by atoms with van der Waals surface area (Å²) >= 11 is 0. The lowest BCUT2D eigenvalue weighted by Crippen LogP contribution is -2.37. The molecule has 2 aromatic carbocycles. The van der Waals surface area contributed by atoms with Gasteiger partial charge in [0.2, 0.25) is 0 Å². The molecule has 1 aliphatic rings. The second-order valence-corrected chi connectivity index (χ2v) is 8.48. The van der Waals surface area contributed by atoms with Gasteiger partial charge < -0.3 is 9.47 Å². The molecule has 5 nitrogen and oxygen atoms in total. The summed E-state index contributed by atoms with van der Waals surface area (Å²) in [5.74, 6) is -0.263. The minimum absolute atomic E-state index is 0.0674. The van der Waals surface area contributed by atoms with Gasteiger partial charge in [-0.25, -0.2) is 4.79 Å². The van der Waals surface area contributed by atoms with E-state index in [0.29, 0.717) is 18.7 Å². The van der Waals surface area contributed by atoms with Gasteiger partial charge in [0.1, 0.15) is 6.10 Å². The molecule has 172 valence electrons. The molecule has 0 saturated carbocycles. The minimum atomic E-state index is -0.263. The third-order valence-corrected chi connectivity index (χ3v) is 6.02. The Morgan fingerprint density at radius 1 is 1.00 bits per heavy atom. The van der Waals surface area contributed by atoms with E-state index in [1.54, 1.807) is 18.5 Å². The van der Waals surface area contributed by atoms with Crippen LogP contribution in [0.15, 0.2) is 79.1 Å². The number of piperidine rings is 1. The highest BCUT2D eigenvalue weighted by Gasteiger charge is 2.25. The van der Waals surface area contributed by atoms with Crippen LogP contribution in [0.5, 0.6) is 0 Å². The van der Waals surface area contributed by atoms with Crippen molar-refractivity contribution in [3.63, 3.8) is 0 Å². The van der Waals surface area contributed by atoms with Crippen molar-refractivity contribution in [1.29, 1.82) is 0 Å². The smallest absolute Gasteiger partial charge is 0.338 e. The number of hydrogen-bond acceptors (Lipinski definition) is 5. The summed E-state index contributed by atoms with van der Waals surface area (Å²) in [7, 11) is 0. The molecular weight excluding hydrogens is 412 g/mol. The van der Waals surface area contributed by atoms with Crippen molar-refractivity contribution >= 4 is 5.97 Å². The summed E-state index contributed by atoms with van der Waals surface area (Å²) in [5, 5.41) is 0. The van der Waals surface area contributed by atoms with Gasteiger partial charge in [0.05, 0.1) is 18.3 Å². The van der Waals surface area contributed by atoms with E-state index >= 15 is 0 Å². The van der Waals surface area contributed by atoms with Gasteiger partial charge >= 0.3 is 5.97 Å². The van der Waals surface area contributed by atoms with Crippen molar-refractivity contribution in [2.75, 3.05) is 19.7 Å². The number of carbonyl (C=O) groups excluding carboxylic acids is 1. The van der Waals surface area contributed by atoms with Crippen LogP contribution in [0.4, 0.5) is 0 Å². The maximum atomic E-state index is 12.4. The first-order valence-corrected chi connectivity index (χ1v) is 11.8. The monoisotopic (exact) mass is 444 g/mol. The fraction of sp³-hybridized carbons (Fsp3) is 0.357. The van der Waals surface area contributed by atoms with E-state index in [9.17, 15) is 4.79 Å². The fourth-order valence-electron chi connectivity index (χ4n) is 4.27. The lowest BCUT2D eigenvalue weighted by molar-refractivity contribution is -0.0282. The van der Waals surface area contributed by atoms with E-state index in [-0.39, 0.29) is 18.2 Å².